The molecule has 1 aromatic carbocycles. The summed E-state index contributed by atoms with van der Waals surface area (Å²) >= 11 is 0. The van der Waals surface area contributed by atoms with Gasteiger partial charge in [0.2, 0.25) is 5.88 Å². The summed E-state index contributed by atoms with van der Waals surface area (Å²) in [6.07, 6.45) is 2.37. The molecule has 0 atom stereocenters. The minimum Gasteiger partial charge on any atom is -0.438 e. The van der Waals surface area contributed by atoms with E-state index in [4.69, 9.17) is 4.74 Å². The molecule has 0 saturated carbocycles. The Morgan fingerprint density at radius 3 is 2.52 bits per heavy atom. The fourth-order valence-corrected chi connectivity index (χ4v) is 2.33. The summed E-state index contributed by atoms with van der Waals surface area (Å²) in [5.74, 6) is 2.35. The van der Waals surface area contributed by atoms with E-state index in [2.05, 4.69) is 62.0 Å². The van der Waals surface area contributed by atoms with Crippen LogP contribution >= 0.6 is 0 Å². The number of aryl methyl sites for hydroxylation is 2. The summed E-state index contributed by atoms with van der Waals surface area (Å²) in [5, 5.41) is 3.26. The predicted octanol–water partition coefficient (Wildman–Crippen LogP) is 4.19. The standard InChI is InChI=1S/C17H23N3O/c1-6-14-16(18-7-2)19-10-20-17(14)21-15-9-11(3)8-12(4)13(15)5/h8-10H,6-7H2,1-5H3,(H,18,19,20). The third kappa shape index (κ3) is 3.32. The number of hydrogen-bond acceptors (Lipinski definition) is 4. The Hall–Kier alpha value is -2.10. The topological polar surface area (TPSA) is 47.0 Å². The number of hydrogen-bond donors (Lipinski definition) is 1. The summed E-state index contributed by atoms with van der Waals surface area (Å²) in [6.45, 7) is 11.2. The first-order chi connectivity index (χ1) is 10.1. The molecule has 112 valence electrons. The lowest BCUT2D eigenvalue weighted by Gasteiger charge is -2.15. The molecular weight excluding hydrogens is 262 g/mol. The zero-order valence-corrected chi connectivity index (χ0v) is 13.4. The van der Waals surface area contributed by atoms with Gasteiger partial charge in [-0.2, -0.15) is 0 Å². The summed E-state index contributed by atoms with van der Waals surface area (Å²) < 4.78 is 6.09. The fourth-order valence-electron chi connectivity index (χ4n) is 2.33. The highest BCUT2D eigenvalue weighted by molar-refractivity contribution is 5.51. The monoisotopic (exact) mass is 285 g/mol. The summed E-state index contributed by atoms with van der Waals surface area (Å²) in [4.78, 5) is 8.61. The molecule has 1 N–H and O–H groups in total. The minimum absolute atomic E-state index is 0.636. The molecule has 4 nitrogen and oxygen atoms in total. The molecule has 2 rings (SSSR count). The largest absolute Gasteiger partial charge is 0.438 e. The molecule has 0 radical (unpaired) electrons. The van der Waals surface area contributed by atoms with Crippen LogP contribution in [0.25, 0.3) is 0 Å². The van der Waals surface area contributed by atoms with E-state index in [1.807, 2.05) is 0 Å². The Morgan fingerprint density at radius 2 is 1.86 bits per heavy atom. The molecule has 0 saturated heterocycles. The normalized spacial score (nSPS) is 10.5. The molecule has 0 aliphatic rings. The quantitative estimate of drug-likeness (QED) is 0.895. The predicted molar refractivity (Wildman–Crippen MR) is 86.3 cm³/mol. The van der Waals surface area contributed by atoms with Crippen molar-refractivity contribution in [2.45, 2.75) is 41.0 Å². The first-order valence-electron chi connectivity index (χ1n) is 7.40. The van der Waals surface area contributed by atoms with Crippen LogP contribution in [0.5, 0.6) is 11.6 Å². The van der Waals surface area contributed by atoms with Gasteiger partial charge in [0.1, 0.15) is 17.9 Å². The zero-order valence-electron chi connectivity index (χ0n) is 13.4. The van der Waals surface area contributed by atoms with Gasteiger partial charge in [0.05, 0.1) is 5.56 Å². The molecule has 2 aromatic rings. The van der Waals surface area contributed by atoms with Gasteiger partial charge in [-0.3, -0.25) is 0 Å². The third-order valence-corrected chi connectivity index (χ3v) is 3.57. The average Bonchev–Trinajstić information content (AvgIpc) is 2.45. The molecule has 0 bridgehead atoms. The van der Waals surface area contributed by atoms with Gasteiger partial charge in [-0.25, -0.2) is 9.97 Å². The molecule has 0 unspecified atom stereocenters. The van der Waals surface area contributed by atoms with E-state index in [1.54, 1.807) is 6.33 Å². The zero-order chi connectivity index (χ0) is 15.4. The number of ether oxygens (including phenoxy) is 1. The highest BCUT2D eigenvalue weighted by atomic mass is 16.5. The van der Waals surface area contributed by atoms with Crippen molar-refractivity contribution in [2.24, 2.45) is 0 Å². The van der Waals surface area contributed by atoms with E-state index in [1.165, 1.54) is 11.1 Å². The van der Waals surface area contributed by atoms with E-state index < -0.39 is 0 Å². The van der Waals surface area contributed by atoms with Gasteiger partial charge in [-0.1, -0.05) is 13.0 Å². The van der Waals surface area contributed by atoms with Crippen LogP contribution in [0, 0.1) is 20.8 Å². The molecule has 1 aromatic heterocycles. The molecule has 0 spiro atoms. The minimum atomic E-state index is 0.636. The lowest BCUT2D eigenvalue weighted by atomic mass is 10.1. The van der Waals surface area contributed by atoms with Crippen molar-refractivity contribution < 1.29 is 4.74 Å². The molecule has 21 heavy (non-hydrogen) atoms. The van der Waals surface area contributed by atoms with E-state index in [-0.39, 0.29) is 0 Å². The third-order valence-electron chi connectivity index (χ3n) is 3.57. The Bertz CT molecular complexity index is 638. The molecule has 1 heterocycles. The van der Waals surface area contributed by atoms with Crippen molar-refractivity contribution in [2.75, 3.05) is 11.9 Å². The number of nitrogens with one attached hydrogen (secondary N) is 1. The summed E-state index contributed by atoms with van der Waals surface area (Å²) in [5.41, 5.74) is 4.57. The number of nitrogens with zero attached hydrogens (tertiary/aromatic N) is 2. The first kappa shape index (κ1) is 15.3. The van der Waals surface area contributed by atoms with Crippen LogP contribution in [0.4, 0.5) is 5.82 Å². The van der Waals surface area contributed by atoms with Gasteiger partial charge in [0.25, 0.3) is 0 Å². The number of anilines is 1. The van der Waals surface area contributed by atoms with Gasteiger partial charge in [0, 0.05) is 6.54 Å². The molecule has 0 aliphatic heterocycles. The Labute approximate surface area is 126 Å². The van der Waals surface area contributed by atoms with Crippen LogP contribution in [0.3, 0.4) is 0 Å². The lowest BCUT2D eigenvalue weighted by Crippen LogP contribution is -2.06. The Kier molecular flexibility index (Phi) is 4.78. The lowest BCUT2D eigenvalue weighted by molar-refractivity contribution is 0.451. The van der Waals surface area contributed by atoms with Crippen molar-refractivity contribution in [1.82, 2.24) is 9.97 Å². The van der Waals surface area contributed by atoms with Gasteiger partial charge in [-0.05, 0) is 56.9 Å². The molecule has 4 heteroatoms. The van der Waals surface area contributed by atoms with E-state index in [9.17, 15) is 0 Å². The van der Waals surface area contributed by atoms with Crippen molar-refractivity contribution >= 4 is 5.82 Å². The second-order valence-electron chi connectivity index (χ2n) is 5.20. The van der Waals surface area contributed by atoms with Crippen LogP contribution < -0.4 is 10.1 Å². The Morgan fingerprint density at radius 1 is 1.10 bits per heavy atom. The molecule has 0 aliphatic carbocycles. The number of benzene rings is 1. The second-order valence-corrected chi connectivity index (χ2v) is 5.20. The van der Waals surface area contributed by atoms with E-state index >= 15 is 0 Å². The first-order valence-corrected chi connectivity index (χ1v) is 7.40. The average molecular weight is 285 g/mol. The number of rotatable bonds is 5. The maximum absolute atomic E-state index is 6.09. The highest BCUT2D eigenvalue weighted by Gasteiger charge is 2.13. The van der Waals surface area contributed by atoms with Crippen LogP contribution in [-0.2, 0) is 6.42 Å². The summed E-state index contributed by atoms with van der Waals surface area (Å²) in [6, 6.07) is 4.21. The number of aromatic nitrogens is 2. The SMILES string of the molecule is CCNc1ncnc(Oc2cc(C)cc(C)c2C)c1CC. The van der Waals surface area contributed by atoms with Gasteiger partial charge in [-0.15, -0.1) is 0 Å². The van der Waals surface area contributed by atoms with Crippen molar-refractivity contribution in [3.63, 3.8) is 0 Å². The van der Waals surface area contributed by atoms with Crippen molar-refractivity contribution in [1.29, 1.82) is 0 Å². The van der Waals surface area contributed by atoms with Gasteiger partial charge < -0.3 is 10.1 Å². The van der Waals surface area contributed by atoms with Crippen LogP contribution in [-0.4, -0.2) is 16.5 Å². The van der Waals surface area contributed by atoms with Gasteiger partial charge in [0.15, 0.2) is 0 Å². The molecular formula is C17H23N3O. The van der Waals surface area contributed by atoms with Crippen LogP contribution in [0.2, 0.25) is 0 Å². The smallest absolute Gasteiger partial charge is 0.227 e. The van der Waals surface area contributed by atoms with Crippen molar-refractivity contribution in [3.8, 4) is 11.6 Å². The van der Waals surface area contributed by atoms with Gasteiger partial charge >= 0.3 is 0 Å². The van der Waals surface area contributed by atoms with Crippen LogP contribution in [0.15, 0.2) is 18.5 Å². The van der Waals surface area contributed by atoms with Crippen LogP contribution in [0.1, 0.15) is 36.1 Å². The van der Waals surface area contributed by atoms with Crippen molar-refractivity contribution in [3.05, 3.63) is 40.7 Å². The summed E-state index contributed by atoms with van der Waals surface area (Å²) in [7, 11) is 0. The van der Waals surface area contributed by atoms with E-state index in [0.29, 0.717) is 5.88 Å². The highest BCUT2D eigenvalue weighted by Crippen LogP contribution is 2.31. The fraction of sp³-hybridized carbons (Fsp3) is 0.412. The molecule has 0 fully saturated rings. The maximum Gasteiger partial charge on any atom is 0.227 e. The molecule has 0 amide bonds. The Balaban J connectivity index is 2.42. The maximum atomic E-state index is 6.09. The second kappa shape index (κ2) is 6.57. The van der Waals surface area contributed by atoms with E-state index in [0.717, 1.165) is 35.7 Å².